The van der Waals surface area contributed by atoms with E-state index in [4.69, 9.17) is 9.73 Å². The molecular formula is C23H22N2O2S. The quantitative estimate of drug-likeness (QED) is 0.645. The fraction of sp³-hybridized carbons (Fsp3) is 0.217. The predicted molar refractivity (Wildman–Crippen MR) is 115 cm³/mol. The number of aliphatic imine (C=N–C) groups is 1. The van der Waals surface area contributed by atoms with E-state index in [0.717, 1.165) is 33.2 Å². The van der Waals surface area contributed by atoms with Crippen molar-refractivity contribution in [1.29, 1.82) is 0 Å². The Balaban J connectivity index is 1.81. The van der Waals surface area contributed by atoms with Crippen molar-refractivity contribution in [2.75, 3.05) is 18.6 Å². The molecule has 4 rings (SSSR count). The molecule has 5 heteroatoms. The van der Waals surface area contributed by atoms with Crippen molar-refractivity contribution in [2.45, 2.75) is 20.4 Å². The van der Waals surface area contributed by atoms with Gasteiger partial charge in [0, 0.05) is 16.0 Å². The number of carbonyl (C=O) groups is 1. The van der Waals surface area contributed by atoms with Crippen molar-refractivity contribution >= 4 is 28.0 Å². The van der Waals surface area contributed by atoms with Gasteiger partial charge in [-0.25, -0.2) is 0 Å². The Labute approximate surface area is 169 Å². The van der Waals surface area contributed by atoms with Crippen LogP contribution < -0.4 is 9.64 Å². The van der Waals surface area contributed by atoms with Gasteiger partial charge in [-0.15, -0.1) is 11.3 Å². The molecule has 0 fully saturated rings. The highest BCUT2D eigenvalue weighted by Crippen LogP contribution is 2.39. The molecule has 0 saturated carbocycles. The lowest BCUT2D eigenvalue weighted by atomic mass is 9.99. The maximum absolute atomic E-state index is 13.0. The van der Waals surface area contributed by atoms with E-state index in [1.54, 1.807) is 18.4 Å². The van der Waals surface area contributed by atoms with Gasteiger partial charge in [-0.3, -0.25) is 14.7 Å². The summed E-state index contributed by atoms with van der Waals surface area (Å²) in [5.41, 5.74) is 5.23. The maximum atomic E-state index is 13.0. The minimum Gasteiger partial charge on any atom is -0.497 e. The van der Waals surface area contributed by atoms with Gasteiger partial charge in [-0.2, -0.15) is 0 Å². The van der Waals surface area contributed by atoms with Gasteiger partial charge >= 0.3 is 0 Å². The predicted octanol–water partition coefficient (Wildman–Crippen LogP) is 4.76. The minimum atomic E-state index is 0.0230. The third-order valence-electron chi connectivity index (χ3n) is 5.07. The molecular weight excluding hydrogens is 368 g/mol. The number of hydrogen-bond donors (Lipinski definition) is 0. The van der Waals surface area contributed by atoms with Crippen molar-refractivity contribution < 1.29 is 9.53 Å². The smallest absolute Gasteiger partial charge is 0.249 e. The first kappa shape index (κ1) is 18.4. The second kappa shape index (κ2) is 7.60. The van der Waals surface area contributed by atoms with E-state index >= 15 is 0 Å². The summed E-state index contributed by atoms with van der Waals surface area (Å²) in [7, 11) is 1.66. The summed E-state index contributed by atoms with van der Waals surface area (Å²) < 4.78 is 5.28. The molecule has 1 aliphatic heterocycles. The topological polar surface area (TPSA) is 41.9 Å². The van der Waals surface area contributed by atoms with Crippen LogP contribution in [0.1, 0.15) is 27.1 Å². The first-order valence-electron chi connectivity index (χ1n) is 9.22. The molecule has 1 aliphatic rings. The summed E-state index contributed by atoms with van der Waals surface area (Å²) in [4.78, 5) is 20.8. The molecule has 1 aromatic heterocycles. The molecule has 4 nitrogen and oxygen atoms in total. The molecule has 1 amide bonds. The van der Waals surface area contributed by atoms with Gasteiger partial charge < -0.3 is 4.74 Å². The Kier molecular flexibility index (Phi) is 5.01. The molecule has 0 spiro atoms. The standard InChI is InChI=1S/C23H22N2O2S/c1-15-16(2)28-23-21(15)22(18-9-11-19(27-3)12-10-18)24-13-20(26)25(23)14-17-7-5-4-6-8-17/h4-12H,13-14H2,1-3H3. The zero-order valence-electron chi connectivity index (χ0n) is 16.2. The first-order valence-corrected chi connectivity index (χ1v) is 10.0. The molecule has 0 aliphatic carbocycles. The van der Waals surface area contributed by atoms with E-state index in [-0.39, 0.29) is 12.5 Å². The van der Waals surface area contributed by atoms with Gasteiger partial charge in [0.1, 0.15) is 17.3 Å². The summed E-state index contributed by atoms with van der Waals surface area (Å²) in [6, 6.07) is 18.0. The van der Waals surface area contributed by atoms with E-state index in [0.29, 0.717) is 6.54 Å². The summed E-state index contributed by atoms with van der Waals surface area (Å²) in [6.07, 6.45) is 0. The lowest BCUT2D eigenvalue weighted by Gasteiger charge is -2.20. The molecule has 2 aromatic carbocycles. The molecule has 0 bridgehead atoms. The van der Waals surface area contributed by atoms with Gasteiger partial charge in [-0.1, -0.05) is 30.3 Å². The zero-order valence-corrected chi connectivity index (χ0v) is 17.0. The summed E-state index contributed by atoms with van der Waals surface area (Å²) in [5.74, 6) is 0.827. The lowest BCUT2D eigenvalue weighted by Crippen LogP contribution is -2.31. The molecule has 0 atom stereocenters. The molecule has 0 unspecified atom stereocenters. The number of aryl methyl sites for hydroxylation is 1. The molecule has 2 heterocycles. The van der Waals surface area contributed by atoms with Gasteiger partial charge in [0.15, 0.2) is 0 Å². The van der Waals surface area contributed by atoms with E-state index in [1.165, 1.54) is 10.4 Å². The Morgan fingerprint density at radius 3 is 2.46 bits per heavy atom. The second-order valence-electron chi connectivity index (χ2n) is 6.82. The van der Waals surface area contributed by atoms with Crippen LogP contribution in [-0.4, -0.2) is 25.3 Å². The SMILES string of the molecule is COc1ccc(C2=NCC(=O)N(Cc3ccccc3)c3sc(C)c(C)c32)cc1. The van der Waals surface area contributed by atoms with Crippen LogP contribution in [0.2, 0.25) is 0 Å². The maximum Gasteiger partial charge on any atom is 0.249 e. The van der Waals surface area contributed by atoms with Crippen LogP contribution >= 0.6 is 11.3 Å². The number of thiophene rings is 1. The monoisotopic (exact) mass is 390 g/mol. The van der Waals surface area contributed by atoms with E-state index in [9.17, 15) is 4.79 Å². The highest BCUT2D eigenvalue weighted by Gasteiger charge is 2.29. The molecule has 0 radical (unpaired) electrons. The van der Waals surface area contributed by atoms with Crippen molar-refractivity contribution in [1.82, 2.24) is 0 Å². The van der Waals surface area contributed by atoms with Gasteiger partial charge in [-0.05, 0) is 49.2 Å². The number of methoxy groups -OCH3 is 1. The average molecular weight is 391 g/mol. The Bertz CT molecular complexity index is 1040. The van der Waals surface area contributed by atoms with Gasteiger partial charge in [0.05, 0.1) is 19.4 Å². The van der Waals surface area contributed by atoms with Crippen LogP contribution in [0, 0.1) is 13.8 Å². The van der Waals surface area contributed by atoms with E-state index in [2.05, 4.69) is 26.0 Å². The van der Waals surface area contributed by atoms with Gasteiger partial charge in [0.25, 0.3) is 0 Å². The van der Waals surface area contributed by atoms with E-state index < -0.39 is 0 Å². The molecule has 3 aromatic rings. The van der Waals surface area contributed by atoms with Crippen molar-refractivity contribution in [2.24, 2.45) is 4.99 Å². The van der Waals surface area contributed by atoms with Crippen molar-refractivity contribution in [3.63, 3.8) is 0 Å². The Hall–Kier alpha value is -2.92. The number of ether oxygens (including phenoxy) is 1. The van der Waals surface area contributed by atoms with Crippen LogP contribution in [0.15, 0.2) is 59.6 Å². The fourth-order valence-electron chi connectivity index (χ4n) is 3.41. The minimum absolute atomic E-state index is 0.0230. The Morgan fingerprint density at radius 2 is 1.79 bits per heavy atom. The number of nitrogens with zero attached hydrogens (tertiary/aromatic N) is 2. The van der Waals surface area contributed by atoms with Crippen LogP contribution in [0.5, 0.6) is 5.75 Å². The van der Waals surface area contributed by atoms with Gasteiger partial charge in [0.2, 0.25) is 5.91 Å². The number of hydrogen-bond acceptors (Lipinski definition) is 4. The second-order valence-corrected chi connectivity index (χ2v) is 8.03. The number of benzene rings is 2. The third-order valence-corrected chi connectivity index (χ3v) is 6.30. The highest BCUT2D eigenvalue weighted by molar-refractivity contribution is 7.17. The average Bonchev–Trinajstić information content (AvgIpc) is 2.94. The summed E-state index contributed by atoms with van der Waals surface area (Å²) in [5, 5.41) is 0.982. The summed E-state index contributed by atoms with van der Waals surface area (Å²) >= 11 is 1.67. The molecule has 142 valence electrons. The summed E-state index contributed by atoms with van der Waals surface area (Å²) in [6.45, 7) is 4.91. The Morgan fingerprint density at radius 1 is 1.07 bits per heavy atom. The third kappa shape index (κ3) is 3.34. The van der Waals surface area contributed by atoms with Crippen LogP contribution in [0.4, 0.5) is 5.00 Å². The van der Waals surface area contributed by atoms with Crippen LogP contribution in [-0.2, 0) is 11.3 Å². The number of anilines is 1. The largest absolute Gasteiger partial charge is 0.497 e. The van der Waals surface area contributed by atoms with Crippen molar-refractivity contribution in [3.8, 4) is 5.75 Å². The first-order chi connectivity index (χ1) is 13.6. The molecule has 28 heavy (non-hydrogen) atoms. The highest BCUT2D eigenvalue weighted by atomic mass is 32.1. The fourth-order valence-corrected chi connectivity index (χ4v) is 4.59. The zero-order chi connectivity index (χ0) is 19.7. The van der Waals surface area contributed by atoms with E-state index in [1.807, 2.05) is 47.4 Å². The van der Waals surface area contributed by atoms with Crippen LogP contribution in [0.25, 0.3) is 0 Å². The van der Waals surface area contributed by atoms with Crippen molar-refractivity contribution in [3.05, 3.63) is 81.7 Å². The number of amides is 1. The number of fused-ring (bicyclic) bond motifs is 1. The van der Waals surface area contributed by atoms with Crippen LogP contribution in [0.3, 0.4) is 0 Å². The molecule has 0 saturated heterocycles. The molecule has 0 N–H and O–H groups in total. The lowest BCUT2D eigenvalue weighted by molar-refractivity contribution is -0.117. The number of carbonyl (C=O) groups excluding carboxylic acids is 1. The normalized spacial score (nSPS) is 13.8. The number of rotatable bonds is 4.